The maximum atomic E-state index is 9.70. The number of piperidine rings is 1. The van der Waals surface area contributed by atoms with Crippen LogP contribution in [0.25, 0.3) is 0 Å². The first-order valence-electron chi connectivity index (χ1n) is 7.25. The third-order valence-corrected chi connectivity index (χ3v) is 4.61. The number of aliphatic hydroxyl groups is 1. The van der Waals surface area contributed by atoms with Gasteiger partial charge in [-0.1, -0.05) is 6.42 Å². The quantitative estimate of drug-likeness (QED) is 0.784. The third kappa shape index (κ3) is 3.21. The second-order valence-corrected chi connectivity index (χ2v) is 6.27. The van der Waals surface area contributed by atoms with Gasteiger partial charge < -0.3 is 15.3 Å². The van der Waals surface area contributed by atoms with Crippen LogP contribution in [0.2, 0.25) is 0 Å². The lowest BCUT2D eigenvalue weighted by Gasteiger charge is -2.39. The predicted molar refractivity (Wildman–Crippen MR) is 71.1 cm³/mol. The number of hydrogen-bond donors (Lipinski definition) is 2. The molecule has 3 nitrogen and oxygen atoms in total. The Hall–Kier alpha value is -0.120. The topological polar surface area (TPSA) is 35.5 Å². The van der Waals surface area contributed by atoms with Crippen molar-refractivity contribution >= 4 is 0 Å². The van der Waals surface area contributed by atoms with Crippen LogP contribution in [0.3, 0.4) is 0 Å². The largest absolute Gasteiger partial charge is 0.394 e. The van der Waals surface area contributed by atoms with Crippen molar-refractivity contribution in [3.63, 3.8) is 0 Å². The van der Waals surface area contributed by atoms with E-state index in [0.717, 1.165) is 25.3 Å². The number of hydrogen-bond acceptors (Lipinski definition) is 3. The zero-order valence-electron chi connectivity index (χ0n) is 11.4. The zero-order valence-corrected chi connectivity index (χ0v) is 11.4. The van der Waals surface area contributed by atoms with Gasteiger partial charge in [0.15, 0.2) is 0 Å². The van der Waals surface area contributed by atoms with E-state index in [0.29, 0.717) is 12.6 Å². The van der Waals surface area contributed by atoms with Crippen LogP contribution in [0.15, 0.2) is 0 Å². The van der Waals surface area contributed by atoms with Gasteiger partial charge in [-0.25, -0.2) is 0 Å². The number of rotatable bonds is 4. The summed E-state index contributed by atoms with van der Waals surface area (Å²) in [5, 5.41) is 13.3. The smallest absolute Gasteiger partial charge is 0.0613 e. The molecule has 3 heteroatoms. The molecule has 0 saturated carbocycles. The molecule has 2 rings (SSSR count). The summed E-state index contributed by atoms with van der Waals surface area (Å²) in [6.07, 6.45) is 6.16. The Labute approximate surface area is 106 Å². The van der Waals surface area contributed by atoms with E-state index in [9.17, 15) is 5.11 Å². The lowest BCUT2D eigenvalue weighted by Crippen LogP contribution is -2.52. The van der Waals surface area contributed by atoms with Crippen molar-refractivity contribution in [3.8, 4) is 0 Å². The third-order valence-electron chi connectivity index (χ3n) is 4.61. The SMILES string of the molecule is CC(C)N1CCC(CC2(CO)CCCCN2)C1. The molecule has 0 aliphatic carbocycles. The van der Waals surface area contributed by atoms with Gasteiger partial charge in [0.1, 0.15) is 0 Å². The van der Waals surface area contributed by atoms with Gasteiger partial charge in [-0.2, -0.15) is 0 Å². The van der Waals surface area contributed by atoms with Crippen molar-refractivity contribution in [1.29, 1.82) is 0 Å². The van der Waals surface area contributed by atoms with Gasteiger partial charge in [0.05, 0.1) is 6.61 Å². The molecule has 2 saturated heterocycles. The maximum Gasteiger partial charge on any atom is 0.0613 e. The Morgan fingerprint density at radius 1 is 1.41 bits per heavy atom. The molecule has 17 heavy (non-hydrogen) atoms. The number of nitrogens with one attached hydrogen (secondary N) is 1. The van der Waals surface area contributed by atoms with E-state index >= 15 is 0 Å². The molecule has 0 radical (unpaired) electrons. The average Bonchev–Trinajstić information content (AvgIpc) is 2.79. The van der Waals surface area contributed by atoms with E-state index in [1.165, 1.54) is 32.4 Å². The Morgan fingerprint density at radius 3 is 2.76 bits per heavy atom. The van der Waals surface area contributed by atoms with E-state index < -0.39 is 0 Å². The highest BCUT2D eigenvalue weighted by Crippen LogP contribution is 2.31. The van der Waals surface area contributed by atoms with Crippen molar-refractivity contribution in [1.82, 2.24) is 10.2 Å². The standard InChI is InChI=1S/C14H28N2O/c1-12(2)16-8-5-13(10-16)9-14(11-17)6-3-4-7-15-14/h12-13,15,17H,3-11H2,1-2H3. The summed E-state index contributed by atoms with van der Waals surface area (Å²) in [6, 6.07) is 0.671. The van der Waals surface area contributed by atoms with Crippen molar-refractivity contribution in [2.75, 3.05) is 26.2 Å². The molecule has 2 atom stereocenters. The minimum absolute atomic E-state index is 0.0376. The molecule has 2 fully saturated rings. The summed E-state index contributed by atoms with van der Waals surface area (Å²) < 4.78 is 0. The van der Waals surface area contributed by atoms with E-state index in [1.807, 2.05) is 0 Å². The van der Waals surface area contributed by atoms with Crippen LogP contribution in [0, 0.1) is 5.92 Å². The second-order valence-electron chi connectivity index (χ2n) is 6.27. The van der Waals surface area contributed by atoms with Crippen LogP contribution in [-0.4, -0.2) is 47.8 Å². The fraction of sp³-hybridized carbons (Fsp3) is 1.00. The van der Waals surface area contributed by atoms with Crippen molar-refractivity contribution in [3.05, 3.63) is 0 Å². The number of likely N-dealkylation sites (tertiary alicyclic amines) is 1. The first-order chi connectivity index (χ1) is 8.15. The number of nitrogens with zero attached hydrogens (tertiary/aromatic N) is 1. The minimum atomic E-state index is 0.0376. The molecule has 2 heterocycles. The molecule has 100 valence electrons. The molecule has 0 bridgehead atoms. The summed E-state index contributed by atoms with van der Waals surface area (Å²) in [7, 11) is 0. The molecule has 2 aliphatic heterocycles. The summed E-state index contributed by atoms with van der Waals surface area (Å²) in [6.45, 7) is 8.42. The van der Waals surface area contributed by atoms with Gasteiger partial charge >= 0.3 is 0 Å². The highest BCUT2D eigenvalue weighted by molar-refractivity contribution is 4.94. The van der Waals surface area contributed by atoms with E-state index in [1.54, 1.807) is 0 Å². The summed E-state index contributed by atoms with van der Waals surface area (Å²) >= 11 is 0. The van der Waals surface area contributed by atoms with Gasteiger partial charge in [-0.15, -0.1) is 0 Å². The van der Waals surface area contributed by atoms with Crippen LogP contribution in [0.1, 0.15) is 46.0 Å². The van der Waals surface area contributed by atoms with Crippen molar-refractivity contribution < 1.29 is 5.11 Å². The number of aliphatic hydroxyl groups excluding tert-OH is 1. The van der Waals surface area contributed by atoms with Crippen molar-refractivity contribution in [2.45, 2.75) is 57.5 Å². The molecule has 0 spiro atoms. The molecule has 2 unspecified atom stereocenters. The molecule has 2 aliphatic rings. The van der Waals surface area contributed by atoms with Crippen LogP contribution in [0.5, 0.6) is 0 Å². The lowest BCUT2D eigenvalue weighted by molar-refractivity contribution is 0.106. The summed E-state index contributed by atoms with van der Waals surface area (Å²) in [5.41, 5.74) is 0.0376. The van der Waals surface area contributed by atoms with Gasteiger partial charge in [-0.3, -0.25) is 0 Å². The van der Waals surface area contributed by atoms with E-state index in [2.05, 4.69) is 24.1 Å². The van der Waals surface area contributed by atoms with Crippen LogP contribution >= 0.6 is 0 Å². The van der Waals surface area contributed by atoms with Gasteiger partial charge in [0.2, 0.25) is 0 Å². The second kappa shape index (κ2) is 5.68. The van der Waals surface area contributed by atoms with Gasteiger partial charge in [0, 0.05) is 18.1 Å². The molecule has 0 aromatic carbocycles. The Kier molecular flexibility index (Phi) is 4.45. The van der Waals surface area contributed by atoms with Crippen molar-refractivity contribution in [2.24, 2.45) is 5.92 Å². The monoisotopic (exact) mass is 240 g/mol. The van der Waals surface area contributed by atoms with Crippen LogP contribution in [-0.2, 0) is 0 Å². The van der Waals surface area contributed by atoms with Gasteiger partial charge in [0.25, 0.3) is 0 Å². The average molecular weight is 240 g/mol. The highest BCUT2D eigenvalue weighted by Gasteiger charge is 2.36. The fourth-order valence-electron chi connectivity index (χ4n) is 3.45. The fourth-order valence-corrected chi connectivity index (χ4v) is 3.45. The molecule has 0 aromatic heterocycles. The summed E-state index contributed by atoms with van der Waals surface area (Å²) in [5.74, 6) is 0.773. The first kappa shape index (κ1) is 13.3. The molecular weight excluding hydrogens is 212 g/mol. The summed E-state index contributed by atoms with van der Waals surface area (Å²) in [4.78, 5) is 2.57. The highest BCUT2D eigenvalue weighted by atomic mass is 16.3. The zero-order chi connectivity index (χ0) is 12.3. The minimum Gasteiger partial charge on any atom is -0.394 e. The molecule has 0 aromatic rings. The Bertz CT molecular complexity index is 236. The maximum absolute atomic E-state index is 9.70. The lowest BCUT2D eigenvalue weighted by atomic mass is 9.81. The van der Waals surface area contributed by atoms with E-state index in [4.69, 9.17) is 0 Å². The van der Waals surface area contributed by atoms with Crippen LogP contribution < -0.4 is 5.32 Å². The molecule has 0 amide bonds. The van der Waals surface area contributed by atoms with E-state index in [-0.39, 0.29) is 5.54 Å². The molecular formula is C14H28N2O. The predicted octanol–water partition coefficient (Wildman–Crippen LogP) is 1.61. The first-order valence-corrected chi connectivity index (χ1v) is 7.25. The normalized spacial score (nSPS) is 35.6. The Balaban J connectivity index is 1.87. The van der Waals surface area contributed by atoms with Gasteiger partial charge in [-0.05, 0) is 58.5 Å². The Morgan fingerprint density at radius 2 is 2.24 bits per heavy atom. The molecule has 2 N–H and O–H groups in total. The van der Waals surface area contributed by atoms with Crippen LogP contribution in [0.4, 0.5) is 0 Å².